The summed E-state index contributed by atoms with van der Waals surface area (Å²) in [6.07, 6.45) is 0. The standard InChI is InChI=1S/C23H17N3O2/c1-16-5-7-18(8-6-16)15-27-21-4-2-3-20(13-21)22-25-23(28-26-22)19-11-9-17(14-24)10-12-19/h2-13H,15H2,1H3. The molecule has 0 aliphatic carbocycles. The van der Waals surface area contributed by atoms with Gasteiger partial charge in [-0.25, -0.2) is 0 Å². The molecule has 0 saturated heterocycles. The molecule has 3 aromatic carbocycles. The zero-order valence-electron chi connectivity index (χ0n) is 15.3. The molecular formula is C23H17N3O2. The van der Waals surface area contributed by atoms with Gasteiger partial charge in [-0.15, -0.1) is 0 Å². The highest BCUT2D eigenvalue weighted by atomic mass is 16.5. The van der Waals surface area contributed by atoms with Gasteiger partial charge in [-0.1, -0.05) is 47.1 Å². The zero-order chi connectivity index (χ0) is 19.3. The molecule has 0 unspecified atom stereocenters. The summed E-state index contributed by atoms with van der Waals surface area (Å²) in [4.78, 5) is 4.46. The Labute approximate surface area is 162 Å². The van der Waals surface area contributed by atoms with E-state index in [1.807, 2.05) is 24.3 Å². The molecule has 0 N–H and O–H groups in total. The largest absolute Gasteiger partial charge is 0.489 e. The first kappa shape index (κ1) is 17.5. The average molecular weight is 367 g/mol. The summed E-state index contributed by atoms with van der Waals surface area (Å²) < 4.78 is 11.3. The Kier molecular flexibility index (Phi) is 4.85. The van der Waals surface area contributed by atoms with Crippen LogP contribution >= 0.6 is 0 Å². The number of nitriles is 1. The van der Waals surface area contributed by atoms with Gasteiger partial charge in [0.2, 0.25) is 5.82 Å². The highest BCUT2D eigenvalue weighted by Gasteiger charge is 2.11. The molecule has 0 atom stereocenters. The van der Waals surface area contributed by atoms with Crippen LogP contribution in [-0.4, -0.2) is 10.1 Å². The lowest BCUT2D eigenvalue weighted by atomic mass is 10.1. The minimum Gasteiger partial charge on any atom is -0.489 e. The first-order chi connectivity index (χ1) is 13.7. The summed E-state index contributed by atoms with van der Waals surface area (Å²) in [5, 5.41) is 13.0. The average Bonchev–Trinajstić information content (AvgIpc) is 3.24. The van der Waals surface area contributed by atoms with E-state index in [4.69, 9.17) is 14.5 Å². The maximum absolute atomic E-state index is 8.89. The Bertz CT molecular complexity index is 1120. The third-order valence-corrected chi connectivity index (χ3v) is 4.31. The molecule has 0 amide bonds. The molecular weight excluding hydrogens is 350 g/mol. The van der Waals surface area contributed by atoms with Gasteiger partial charge in [0, 0.05) is 11.1 Å². The van der Waals surface area contributed by atoms with E-state index in [2.05, 4.69) is 47.4 Å². The topological polar surface area (TPSA) is 71.9 Å². The van der Waals surface area contributed by atoms with E-state index in [0.717, 1.165) is 22.4 Å². The number of benzene rings is 3. The number of hydrogen-bond donors (Lipinski definition) is 0. The van der Waals surface area contributed by atoms with Crippen LogP contribution in [0.5, 0.6) is 5.75 Å². The van der Waals surface area contributed by atoms with Gasteiger partial charge in [0.1, 0.15) is 12.4 Å². The van der Waals surface area contributed by atoms with E-state index >= 15 is 0 Å². The summed E-state index contributed by atoms with van der Waals surface area (Å²) in [5.41, 5.74) is 4.50. The van der Waals surface area contributed by atoms with Crippen molar-refractivity contribution in [2.75, 3.05) is 0 Å². The lowest BCUT2D eigenvalue weighted by Crippen LogP contribution is -1.95. The van der Waals surface area contributed by atoms with Crippen LogP contribution < -0.4 is 4.74 Å². The van der Waals surface area contributed by atoms with Crippen molar-refractivity contribution in [3.05, 3.63) is 89.5 Å². The van der Waals surface area contributed by atoms with Crippen LogP contribution in [0.4, 0.5) is 0 Å². The van der Waals surface area contributed by atoms with Gasteiger partial charge in [0.15, 0.2) is 0 Å². The van der Waals surface area contributed by atoms with E-state index in [1.165, 1.54) is 5.56 Å². The SMILES string of the molecule is Cc1ccc(COc2cccc(-c3noc(-c4ccc(C#N)cc4)n3)c2)cc1. The van der Waals surface area contributed by atoms with Gasteiger partial charge in [0.05, 0.1) is 11.6 Å². The minimum absolute atomic E-state index is 0.408. The van der Waals surface area contributed by atoms with E-state index < -0.39 is 0 Å². The summed E-state index contributed by atoms with van der Waals surface area (Å²) >= 11 is 0. The Morgan fingerprint density at radius 2 is 1.75 bits per heavy atom. The molecule has 1 heterocycles. The lowest BCUT2D eigenvalue weighted by Gasteiger charge is -2.07. The molecule has 28 heavy (non-hydrogen) atoms. The molecule has 5 heteroatoms. The van der Waals surface area contributed by atoms with Gasteiger partial charge in [0.25, 0.3) is 5.89 Å². The van der Waals surface area contributed by atoms with Crippen LogP contribution in [0.1, 0.15) is 16.7 Å². The Hall–Kier alpha value is -3.91. The predicted octanol–water partition coefficient (Wildman–Crippen LogP) is 5.16. The number of rotatable bonds is 5. The van der Waals surface area contributed by atoms with Gasteiger partial charge in [-0.2, -0.15) is 10.2 Å². The smallest absolute Gasteiger partial charge is 0.258 e. The van der Waals surface area contributed by atoms with Crippen molar-refractivity contribution < 1.29 is 9.26 Å². The first-order valence-corrected chi connectivity index (χ1v) is 8.84. The molecule has 4 rings (SSSR count). The number of aryl methyl sites for hydroxylation is 1. The monoisotopic (exact) mass is 367 g/mol. The molecule has 1 aromatic heterocycles. The van der Waals surface area contributed by atoms with Gasteiger partial charge < -0.3 is 9.26 Å². The fourth-order valence-electron chi connectivity index (χ4n) is 2.72. The molecule has 0 bridgehead atoms. The number of ether oxygens (including phenoxy) is 1. The second-order valence-electron chi connectivity index (χ2n) is 6.41. The van der Waals surface area contributed by atoms with Crippen LogP contribution in [-0.2, 0) is 6.61 Å². The summed E-state index contributed by atoms with van der Waals surface area (Å²) in [6.45, 7) is 2.55. The van der Waals surface area contributed by atoms with Crippen LogP contribution in [0, 0.1) is 18.3 Å². The third-order valence-electron chi connectivity index (χ3n) is 4.31. The van der Waals surface area contributed by atoms with Gasteiger partial charge >= 0.3 is 0 Å². The van der Waals surface area contributed by atoms with Crippen LogP contribution in [0.2, 0.25) is 0 Å². The Morgan fingerprint density at radius 1 is 0.964 bits per heavy atom. The predicted molar refractivity (Wildman–Crippen MR) is 105 cm³/mol. The van der Waals surface area contributed by atoms with Crippen molar-refractivity contribution in [1.29, 1.82) is 5.26 Å². The molecule has 0 spiro atoms. The first-order valence-electron chi connectivity index (χ1n) is 8.84. The molecule has 0 fully saturated rings. The van der Waals surface area contributed by atoms with Crippen molar-refractivity contribution >= 4 is 0 Å². The zero-order valence-corrected chi connectivity index (χ0v) is 15.3. The fourth-order valence-corrected chi connectivity index (χ4v) is 2.72. The molecule has 0 aliphatic rings. The molecule has 4 aromatic rings. The van der Waals surface area contributed by atoms with Crippen molar-refractivity contribution in [2.45, 2.75) is 13.5 Å². The lowest BCUT2D eigenvalue weighted by molar-refractivity contribution is 0.306. The maximum atomic E-state index is 8.89. The Morgan fingerprint density at radius 3 is 2.50 bits per heavy atom. The number of hydrogen-bond acceptors (Lipinski definition) is 5. The molecule has 0 saturated carbocycles. The maximum Gasteiger partial charge on any atom is 0.258 e. The van der Waals surface area contributed by atoms with Crippen LogP contribution in [0.25, 0.3) is 22.8 Å². The normalized spacial score (nSPS) is 10.4. The third kappa shape index (κ3) is 3.92. The van der Waals surface area contributed by atoms with Crippen LogP contribution in [0.3, 0.4) is 0 Å². The van der Waals surface area contributed by atoms with E-state index in [1.54, 1.807) is 24.3 Å². The summed E-state index contributed by atoms with van der Waals surface area (Å²) in [7, 11) is 0. The summed E-state index contributed by atoms with van der Waals surface area (Å²) in [5.74, 6) is 1.63. The molecule has 5 nitrogen and oxygen atoms in total. The van der Waals surface area contributed by atoms with Crippen molar-refractivity contribution in [3.8, 4) is 34.7 Å². The van der Waals surface area contributed by atoms with E-state index in [0.29, 0.717) is 23.9 Å². The highest BCUT2D eigenvalue weighted by Crippen LogP contribution is 2.25. The fraction of sp³-hybridized carbons (Fsp3) is 0.0870. The van der Waals surface area contributed by atoms with Crippen molar-refractivity contribution in [3.63, 3.8) is 0 Å². The summed E-state index contributed by atoms with van der Waals surface area (Å²) in [6, 6.07) is 25.0. The van der Waals surface area contributed by atoms with Gasteiger partial charge in [-0.3, -0.25) is 0 Å². The molecule has 0 aliphatic heterocycles. The van der Waals surface area contributed by atoms with Crippen LogP contribution in [0.15, 0.2) is 77.3 Å². The van der Waals surface area contributed by atoms with Crippen molar-refractivity contribution in [2.24, 2.45) is 0 Å². The second kappa shape index (κ2) is 7.77. The van der Waals surface area contributed by atoms with E-state index in [9.17, 15) is 0 Å². The quantitative estimate of drug-likeness (QED) is 0.487. The van der Waals surface area contributed by atoms with Crippen molar-refractivity contribution in [1.82, 2.24) is 10.1 Å². The number of nitrogens with zero attached hydrogens (tertiary/aromatic N) is 3. The second-order valence-corrected chi connectivity index (χ2v) is 6.41. The Balaban J connectivity index is 1.50. The number of aromatic nitrogens is 2. The van der Waals surface area contributed by atoms with E-state index in [-0.39, 0.29) is 0 Å². The molecule has 0 radical (unpaired) electrons. The molecule has 136 valence electrons. The van der Waals surface area contributed by atoms with Gasteiger partial charge in [-0.05, 0) is 48.9 Å². The highest BCUT2D eigenvalue weighted by molar-refractivity contribution is 5.61. The minimum atomic E-state index is 0.408.